The molecule has 0 aromatic heterocycles. The second-order valence-electron chi connectivity index (χ2n) is 0.316. The zero-order valence-electron chi connectivity index (χ0n) is 6.13. The van der Waals surface area contributed by atoms with Gasteiger partial charge in [-0.15, -0.1) is 13.2 Å². The van der Waals surface area contributed by atoms with Gasteiger partial charge in [-0.2, -0.15) is 0 Å². The highest BCUT2D eigenvalue weighted by molar-refractivity contribution is 5.10. The van der Waals surface area contributed by atoms with Crippen molar-refractivity contribution < 1.29 is 15.0 Å². The minimum Gasteiger partial charge on any atom is -0.400 e. The van der Waals surface area contributed by atoms with Gasteiger partial charge in [0.05, 0.1) is 0 Å². The molecule has 0 radical (unpaired) electrons. The number of carbonyl (C=O) groups excluding carboxylic acids is 1. The van der Waals surface area contributed by atoms with E-state index in [4.69, 9.17) is 15.0 Å². The van der Waals surface area contributed by atoms with Gasteiger partial charge >= 0.3 is 0 Å². The molecule has 3 nitrogen and oxygen atoms in total. The molecular formula is C7H20O3. The molecular weight excluding hydrogens is 132 g/mol. The third kappa shape index (κ3) is 654. The second kappa shape index (κ2) is 4110. The minimum atomic E-state index is 0. The lowest BCUT2D eigenvalue weighted by Gasteiger charge is -1.52. The van der Waals surface area contributed by atoms with Crippen molar-refractivity contribution >= 4 is 6.79 Å². The third-order valence-corrected chi connectivity index (χ3v) is 0. The molecule has 0 heterocycles. The van der Waals surface area contributed by atoms with E-state index in [0.717, 1.165) is 7.11 Å². The monoisotopic (exact) mass is 152 g/mol. The maximum absolute atomic E-state index is 8.00. The van der Waals surface area contributed by atoms with Crippen molar-refractivity contribution in [3.63, 3.8) is 0 Å². The summed E-state index contributed by atoms with van der Waals surface area (Å²) in [5.41, 5.74) is 0. The van der Waals surface area contributed by atoms with Crippen molar-refractivity contribution in [2.75, 3.05) is 13.7 Å². The van der Waals surface area contributed by atoms with Crippen molar-refractivity contribution in [3.05, 3.63) is 13.2 Å². The number of hydrogen-bond acceptors (Lipinski definition) is 3. The highest BCUT2D eigenvalue weighted by Crippen LogP contribution is 1.30. The van der Waals surface area contributed by atoms with Crippen LogP contribution in [-0.4, -0.2) is 30.7 Å². The predicted molar refractivity (Wildman–Crippen MR) is 46.0 cm³/mol. The predicted octanol–water partition coefficient (Wildman–Crippen LogP) is 0.860. The number of carbonyl (C=O) groups is 1. The first-order valence-electron chi connectivity index (χ1n) is 2.26. The Morgan fingerprint density at radius 2 is 1.20 bits per heavy atom. The van der Waals surface area contributed by atoms with Crippen molar-refractivity contribution in [1.29, 1.82) is 0 Å². The van der Waals surface area contributed by atoms with Gasteiger partial charge in [0, 0.05) is 13.7 Å². The molecule has 0 atom stereocenters. The molecule has 0 saturated carbocycles. The summed E-state index contributed by atoms with van der Waals surface area (Å²) in [6.07, 6.45) is 0. The summed E-state index contributed by atoms with van der Waals surface area (Å²) in [5.74, 6) is 0. The second-order valence-corrected chi connectivity index (χ2v) is 0.316. The normalized spacial score (nSPS) is 3.20. The van der Waals surface area contributed by atoms with E-state index in [1.54, 1.807) is 6.92 Å². The van der Waals surface area contributed by atoms with Gasteiger partial charge in [0.1, 0.15) is 6.79 Å². The molecule has 3 heteroatoms. The summed E-state index contributed by atoms with van der Waals surface area (Å²) in [7, 11) is 1.00. The number of hydrogen-bond donors (Lipinski definition) is 2. The van der Waals surface area contributed by atoms with Crippen LogP contribution in [0.2, 0.25) is 0 Å². The molecule has 2 N–H and O–H groups in total. The van der Waals surface area contributed by atoms with Crippen LogP contribution in [0.1, 0.15) is 14.4 Å². The van der Waals surface area contributed by atoms with Crippen molar-refractivity contribution in [2.45, 2.75) is 14.4 Å². The van der Waals surface area contributed by atoms with Crippen molar-refractivity contribution in [3.8, 4) is 0 Å². The molecule has 0 bridgehead atoms. The van der Waals surface area contributed by atoms with Gasteiger partial charge in [-0.3, -0.25) is 0 Å². The van der Waals surface area contributed by atoms with E-state index in [1.165, 1.54) is 0 Å². The van der Waals surface area contributed by atoms with Crippen molar-refractivity contribution in [1.82, 2.24) is 0 Å². The van der Waals surface area contributed by atoms with Gasteiger partial charge in [-0.05, 0) is 6.92 Å². The van der Waals surface area contributed by atoms with E-state index >= 15 is 0 Å². The van der Waals surface area contributed by atoms with Crippen LogP contribution in [0.4, 0.5) is 0 Å². The highest BCUT2D eigenvalue weighted by Gasteiger charge is 1.34. The molecule has 0 fully saturated rings. The lowest BCUT2D eigenvalue weighted by atomic mass is 10.9. The average molecular weight is 152 g/mol. The topological polar surface area (TPSA) is 57.5 Å². The Bertz CT molecular complexity index is 16.3. The first kappa shape index (κ1) is 34.5. The molecule has 0 aromatic rings. The van der Waals surface area contributed by atoms with Crippen LogP contribution in [0.5, 0.6) is 0 Å². The Morgan fingerprint density at radius 1 is 1.20 bits per heavy atom. The molecule has 0 unspecified atom stereocenters. The van der Waals surface area contributed by atoms with E-state index in [2.05, 4.69) is 13.2 Å². The summed E-state index contributed by atoms with van der Waals surface area (Å²) in [5, 5.41) is 14.6. The fourth-order valence-electron chi connectivity index (χ4n) is 0. The van der Waals surface area contributed by atoms with Crippen LogP contribution < -0.4 is 0 Å². The zero-order chi connectivity index (χ0) is 8.71. The Hall–Kier alpha value is -0.670. The van der Waals surface area contributed by atoms with Gasteiger partial charge in [-0.25, -0.2) is 0 Å². The largest absolute Gasteiger partial charge is 0.400 e. The number of rotatable bonds is 0. The summed E-state index contributed by atoms with van der Waals surface area (Å²) >= 11 is 0. The summed E-state index contributed by atoms with van der Waals surface area (Å²) in [6.45, 7) is 9.93. The van der Waals surface area contributed by atoms with Crippen molar-refractivity contribution in [2.24, 2.45) is 0 Å². The molecule has 10 heavy (non-hydrogen) atoms. The Balaban J connectivity index is -0.0000000110. The summed E-state index contributed by atoms with van der Waals surface area (Å²) in [6, 6.07) is 0. The zero-order valence-corrected chi connectivity index (χ0v) is 6.13. The lowest BCUT2D eigenvalue weighted by molar-refractivity contribution is -0.0979. The molecule has 66 valence electrons. The number of aliphatic hydroxyl groups excluding tert-OH is 2. The third-order valence-electron chi connectivity index (χ3n) is 0. The Morgan fingerprint density at radius 3 is 1.20 bits per heavy atom. The Kier molecular flexibility index (Phi) is 14200. The smallest absolute Gasteiger partial charge is 0.106 e. The van der Waals surface area contributed by atoms with Crippen LogP contribution in [0.25, 0.3) is 0 Å². The van der Waals surface area contributed by atoms with Crippen LogP contribution in [0.15, 0.2) is 13.2 Å². The lowest BCUT2D eigenvalue weighted by Crippen LogP contribution is -1.57. The quantitative estimate of drug-likeness (QED) is 0.506. The number of aliphatic hydroxyl groups is 2. The van der Waals surface area contributed by atoms with E-state index in [1.807, 2.05) is 6.79 Å². The first-order chi connectivity index (χ1) is 4.41. The molecule has 0 spiro atoms. The molecule has 0 saturated heterocycles. The maximum atomic E-state index is 8.00. The molecule has 0 aromatic carbocycles. The van der Waals surface area contributed by atoms with Gasteiger partial charge in [0.15, 0.2) is 0 Å². The van der Waals surface area contributed by atoms with E-state index in [9.17, 15) is 0 Å². The minimum absolute atomic E-state index is 0. The molecule has 0 amide bonds. The molecule has 0 aliphatic rings. The van der Waals surface area contributed by atoms with Gasteiger partial charge in [-0.1, -0.05) is 7.43 Å². The van der Waals surface area contributed by atoms with Gasteiger partial charge in [0.2, 0.25) is 0 Å². The van der Waals surface area contributed by atoms with E-state index in [-0.39, 0.29) is 14.0 Å². The Labute approximate surface area is 64.0 Å². The summed E-state index contributed by atoms with van der Waals surface area (Å²) in [4.78, 5) is 8.00. The molecule has 0 aliphatic carbocycles. The fourth-order valence-corrected chi connectivity index (χ4v) is 0. The average Bonchev–Trinajstić information content (AvgIpc) is 2.01. The SMILES string of the molecule is C.C=C.C=O.CCO.CO. The van der Waals surface area contributed by atoms with E-state index in [0.29, 0.717) is 0 Å². The first-order valence-corrected chi connectivity index (χ1v) is 2.26. The van der Waals surface area contributed by atoms with Crippen LogP contribution in [-0.2, 0) is 4.79 Å². The fraction of sp³-hybridized carbons (Fsp3) is 0.571. The molecule has 0 rings (SSSR count). The highest BCUT2D eigenvalue weighted by atomic mass is 16.2. The molecule has 0 aliphatic heterocycles. The van der Waals surface area contributed by atoms with Crippen LogP contribution in [0, 0.1) is 0 Å². The van der Waals surface area contributed by atoms with Gasteiger partial charge in [0.25, 0.3) is 0 Å². The van der Waals surface area contributed by atoms with Gasteiger partial charge < -0.3 is 15.0 Å². The maximum Gasteiger partial charge on any atom is 0.106 e. The van der Waals surface area contributed by atoms with Crippen LogP contribution >= 0.6 is 0 Å². The standard InChI is InChI=1S/C2H6O.C2H4.CH4O.CH2O.CH4/c1-2-3;3*1-2;/h3H,2H2,1H3;1-2H2;2H,1H3;1H2;1H4. The van der Waals surface area contributed by atoms with E-state index < -0.39 is 0 Å². The summed E-state index contributed by atoms with van der Waals surface area (Å²) < 4.78 is 0. The van der Waals surface area contributed by atoms with Crippen LogP contribution in [0.3, 0.4) is 0 Å².